The molecule has 0 bridgehead atoms. The van der Waals surface area contributed by atoms with E-state index in [1.54, 1.807) is 0 Å². The SMILES string of the molecule is CN1C[C@H]2CC=C[C@H]2C1. The maximum atomic E-state index is 2.43. The summed E-state index contributed by atoms with van der Waals surface area (Å²) in [5, 5.41) is 0. The molecule has 0 saturated carbocycles. The molecule has 0 spiro atoms. The molecule has 1 heterocycles. The predicted molar refractivity (Wildman–Crippen MR) is 38.2 cm³/mol. The zero-order chi connectivity index (χ0) is 6.27. The van der Waals surface area contributed by atoms with Gasteiger partial charge >= 0.3 is 0 Å². The van der Waals surface area contributed by atoms with Gasteiger partial charge in [0.15, 0.2) is 0 Å². The van der Waals surface area contributed by atoms with Crippen LogP contribution in [0, 0.1) is 11.8 Å². The lowest BCUT2D eigenvalue weighted by molar-refractivity contribution is 0.394. The highest BCUT2D eigenvalue weighted by Gasteiger charge is 2.30. The number of nitrogens with zero attached hydrogens (tertiary/aromatic N) is 1. The number of rotatable bonds is 0. The third-order valence-corrected chi connectivity index (χ3v) is 2.50. The molecule has 1 saturated heterocycles. The van der Waals surface area contributed by atoms with Gasteiger partial charge in [0.1, 0.15) is 0 Å². The van der Waals surface area contributed by atoms with Crippen LogP contribution in [0.5, 0.6) is 0 Å². The van der Waals surface area contributed by atoms with E-state index in [0.29, 0.717) is 0 Å². The van der Waals surface area contributed by atoms with Crippen molar-refractivity contribution in [2.45, 2.75) is 6.42 Å². The summed E-state index contributed by atoms with van der Waals surface area (Å²) in [6, 6.07) is 0. The molecule has 2 rings (SSSR count). The Kier molecular flexibility index (Phi) is 1.12. The van der Waals surface area contributed by atoms with Gasteiger partial charge in [-0.15, -0.1) is 0 Å². The smallest absolute Gasteiger partial charge is 0.00447 e. The number of hydrogen-bond acceptors (Lipinski definition) is 1. The van der Waals surface area contributed by atoms with Crippen LogP contribution in [0.25, 0.3) is 0 Å². The largest absolute Gasteiger partial charge is 0.305 e. The molecule has 0 aromatic rings. The molecule has 1 fully saturated rings. The monoisotopic (exact) mass is 123 g/mol. The summed E-state index contributed by atoms with van der Waals surface area (Å²) in [5.74, 6) is 1.87. The van der Waals surface area contributed by atoms with Crippen molar-refractivity contribution in [3.05, 3.63) is 12.2 Å². The Morgan fingerprint density at radius 3 is 3.11 bits per heavy atom. The van der Waals surface area contributed by atoms with Gasteiger partial charge in [0.05, 0.1) is 0 Å². The molecule has 2 aliphatic rings. The van der Waals surface area contributed by atoms with Crippen LogP contribution in [0.4, 0.5) is 0 Å². The van der Waals surface area contributed by atoms with Crippen LogP contribution in [0.3, 0.4) is 0 Å². The lowest BCUT2D eigenvalue weighted by Gasteiger charge is -2.05. The summed E-state index contributed by atoms with van der Waals surface area (Å²) in [6.07, 6.45) is 6.05. The van der Waals surface area contributed by atoms with Gasteiger partial charge in [0, 0.05) is 13.1 Å². The molecule has 1 nitrogen and oxygen atoms in total. The quantitative estimate of drug-likeness (QED) is 0.436. The molecule has 0 aromatic heterocycles. The van der Waals surface area contributed by atoms with E-state index in [9.17, 15) is 0 Å². The second-order valence-electron chi connectivity index (χ2n) is 3.31. The first-order valence-electron chi connectivity index (χ1n) is 3.71. The molecule has 1 aliphatic heterocycles. The van der Waals surface area contributed by atoms with Crippen LogP contribution >= 0.6 is 0 Å². The Labute approximate surface area is 56.4 Å². The van der Waals surface area contributed by atoms with E-state index in [2.05, 4.69) is 24.1 Å². The van der Waals surface area contributed by atoms with Gasteiger partial charge in [-0.2, -0.15) is 0 Å². The van der Waals surface area contributed by atoms with E-state index >= 15 is 0 Å². The van der Waals surface area contributed by atoms with E-state index in [-0.39, 0.29) is 0 Å². The van der Waals surface area contributed by atoms with E-state index in [1.165, 1.54) is 19.5 Å². The Balaban J connectivity index is 2.08. The van der Waals surface area contributed by atoms with Crippen molar-refractivity contribution in [3.8, 4) is 0 Å². The minimum Gasteiger partial charge on any atom is -0.305 e. The van der Waals surface area contributed by atoms with Crippen LogP contribution in [-0.2, 0) is 0 Å². The third kappa shape index (κ3) is 0.799. The van der Waals surface area contributed by atoms with Gasteiger partial charge in [0.25, 0.3) is 0 Å². The van der Waals surface area contributed by atoms with Gasteiger partial charge < -0.3 is 4.90 Å². The fraction of sp³-hybridized carbons (Fsp3) is 0.750. The molecule has 0 unspecified atom stereocenters. The molecule has 1 aliphatic carbocycles. The van der Waals surface area contributed by atoms with Crippen molar-refractivity contribution in [2.24, 2.45) is 11.8 Å². The summed E-state index contributed by atoms with van der Waals surface area (Å²) >= 11 is 0. The van der Waals surface area contributed by atoms with E-state index < -0.39 is 0 Å². The summed E-state index contributed by atoms with van der Waals surface area (Å²) in [5.41, 5.74) is 0. The van der Waals surface area contributed by atoms with E-state index in [0.717, 1.165) is 11.8 Å². The van der Waals surface area contributed by atoms with Crippen LogP contribution in [-0.4, -0.2) is 25.0 Å². The first kappa shape index (κ1) is 5.48. The molecular formula is C8H13N. The second-order valence-corrected chi connectivity index (χ2v) is 3.31. The molecule has 0 N–H and O–H groups in total. The Morgan fingerprint density at radius 1 is 1.44 bits per heavy atom. The van der Waals surface area contributed by atoms with Crippen LogP contribution in [0.1, 0.15) is 6.42 Å². The number of likely N-dealkylation sites (tertiary alicyclic amines) is 1. The molecule has 1 heteroatoms. The van der Waals surface area contributed by atoms with Crippen LogP contribution in [0.2, 0.25) is 0 Å². The van der Waals surface area contributed by atoms with Crippen molar-refractivity contribution in [3.63, 3.8) is 0 Å². The van der Waals surface area contributed by atoms with Crippen molar-refractivity contribution >= 4 is 0 Å². The molecule has 0 amide bonds. The molecule has 50 valence electrons. The number of fused-ring (bicyclic) bond motifs is 1. The number of allylic oxidation sites excluding steroid dienone is 1. The first-order chi connectivity index (χ1) is 4.36. The summed E-state index contributed by atoms with van der Waals surface area (Å²) in [4.78, 5) is 2.43. The van der Waals surface area contributed by atoms with Crippen LogP contribution in [0.15, 0.2) is 12.2 Å². The van der Waals surface area contributed by atoms with Crippen molar-refractivity contribution in [2.75, 3.05) is 20.1 Å². The standard InChI is InChI=1S/C8H13N/c1-9-5-7-3-2-4-8(7)6-9/h2-3,7-8H,4-6H2,1H3/t7-,8+/m0/s1. The van der Waals surface area contributed by atoms with Crippen molar-refractivity contribution in [1.82, 2.24) is 4.90 Å². The minimum atomic E-state index is 0.898. The number of hydrogen-bond donors (Lipinski definition) is 0. The summed E-state index contributed by atoms with van der Waals surface area (Å²) in [6.45, 7) is 2.61. The zero-order valence-corrected chi connectivity index (χ0v) is 5.88. The van der Waals surface area contributed by atoms with E-state index in [4.69, 9.17) is 0 Å². The Morgan fingerprint density at radius 2 is 2.33 bits per heavy atom. The van der Waals surface area contributed by atoms with Gasteiger partial charge in [-0.3, -0.25) is 0 Å². The summed E-state index contributed by atoms with van der Waals surface area (Å²) in [7, 11) is 2.21. The normalized spacial score (nSPS) is 41.9. The molecule has 0 radical (unpaired) electrons. The van der Waals surface area contributed by atoms with Crippen molar-refractivity contribution in [1.29, 1.82) is 0 Å². The summed E-state index contributed by atoms with van der Waals surface area (Å²) < 4.78 is 0. The lowest BCUT2D eigenvalue weighted by atomic mass is 10.0. The van der Waals surface area contributed by atoms with Crippen LogP contribution < -0.4 is 0 Å². The molecule has 0 aromatic carbocycles. The molecule has 9 heavy (non-hydrogen) atoms. The lowest BCUT2D eigenvalue weighted by Crippen LogP contribution is -2.14. The van der Waals surface area contributed by atoms with Gasteiger partial charge in [-0.25, -0.2) is 0 Å². The highest BCUT2D eigenvalue weighted by molar-refractivity contribution is 5.05. The van der Waals surface area contributed by atoms with E-state index in [1.807, 2.05) is 0 Å². The second kappa shape index (κ2) is 1.84. The third-order valence-electron chi connectivity index (χ3n) is 2.50. The fourth-order valence-corrected chi connectivity index (χ4v) is 2.01. The maximum absolute atomic E-state index is 2.43. The zero-order valence-electron chi connectivity index (χ0n) is 5.88. The molecular weight excluding hydrogens is 110 g/mol. The fourth-order valence-electron chi connectivity index (χ4n) is 2.01. The predicted octanol–water partition coefficient (Wildman–Crippen LogP) is 1.12. The highest BCUT2D eigenvalue weighted by atomic mass is 15.1. The first-order valence-corrected chi connectivity index (χ1v) is 3.71. The van der Waals surface area contributed by atoms with Gasteiger partial charge in [-0.05, 0) is 25.3 Å². The average molecular weight is 123 g/mol. The Hall–Kier alpha value is -0.300. The Bertz CT molecular complexity index is 140. The maximum Gasteiger partial charge on any atom is 0.00447 e. The highest BCUT2D eigenvalue weighted by Crippen LogP contribution is 2.31. The average Bonchev–Trinajstić information content (AvgIpc) is 2.22. The van der Waals surface area contributed by atoms with Gasteiger partial charge in [0.2, 0.25) is 0 Å². The van der Waals surface area contributed by atoms with Gasteiger partial charge in [-0.1, -0.05) is 12.2 Å². The minimum absolute atomic E-state index is 0.898. The molecule has 2 atom stereocenters. The van der Waals surface area contributed by atoms with Crippen molar-refractivity contribution < 1.29 is 0 Å². The topological polar surface area (TPSA) is 3.24 Å².